The lowest BCUT2D eigenvalue weighted by Gasteiger charge is -2.28. The Labute approximate surface area is 117 Å². The molecule has 19 heavy (non-hydrogen) atoms. The molecule has 0 amide bonds. The quantitative estimate of drug-likeness (QED) is 0.348. The Morgan fingerprint density at radius 1 is 1.26 bits per heavy atom. The first-order chi connectivity index (χ1) is 9.06. The van der Waals surface area contributed by atoms with Gasteiger partial charge in [-0.3, -0.25) is 4.79 Å². The molecule has 0 radical (unpaired) electrons. The number of hydrogen-bond acceptors (Lipinski definition) is 2. The van der Waals surface area contributed by atoms with Crippen molar-refractivity contribution in [3.05, 3.63) is 49.6 Å². The summed E-state index contributed by atoms with van der Waals surface area (Å²) in [6.07, 6.45) is 13.2. The van der Waals surface area contributed by atoms with Crippen LogP contribution in [0.5, 0.6) is 0 Å². The van der Waals surface area contributed by atoms with Crippen LogP contribution in [0, 0.1) is 11.8 Å². The third kappa shape index (κ3) is 7.45. The number of esters is 1. The van der Waals surface area contributed by atoms with Crippen molar-refractivity contribution in [1.82, 2.24) is 0 Å². The topological polar surface area (TPSA) is 26.3 Å². The SMILES string of the molecule is C=C/C=C\CC(C)C(OC(C)=O)C(C=C)C/C=C\C. The molecular weight excluding hydrogens is 236 g/mol. The van der Waals surface area contributed by atoms with Gasteiger partial charge in [-0.25, -0.2) is 0 Å². The summed E-state index contributed by atoms with van der Waals surface area (Å²) in [5, 5.41) is 0. The van der Waals surface area contributed by atoms with Gasteiger partial charge in [-0.05, 0) is 25.7 Å². The number of hydrogen-bond donors (Lipinski definition) is 0. The molecular formula is C17H26O2. The average molecular weight is 262 g/mol. The third-order valence-electron chi connectivity index (χ3n) is 3.01. The van der Waals surface area contributed by atoms with E-state index in [0.717, 1.165) is 12.8 Å². The van der Waals surface area contributed by atoms with E-state index in [1.54, 1.807) is 6.08 Å². The van der Waals surface area contributed by atoms with Gasteiger partial charge in [-0.2, -0.15) is 0 Å². The Balaban J connectivity index is 4.83. The van der Waals surface area contributed by atoms with Crippen molar-refractivity contribution in [1.29, 1.82) is 0 Å². The van der Waals surface area contributed by atoms with Crippen molar-refractivity contribution in [2.45, 2.75) is 39.7 Å². The first-order valence-electron chi connectivity index (χ1n) is 6.75. The Kier molecular flexibility index (Phi) is 9.51. The van der Waals surface area contributed by atoms with Crippen molar-refractivity contribution in [2.75, 3.05) is 0 Å². The lowest BCUT2D eigenvalue weighted by molar-refractivity contribution is -0.151. The molecule has 0 rings (SSSR count). The van der Waals surface area contributed by atoms with Gasteiger partial charge in [-0.15, -0.1) is 6.58 Å². The van der Waals surface area contributed by atoms with E-state index < -0.39 is 0 Å². The molecule has 0 aromatic heterocycles. The van der Waals surface area contributed by atoms with Crippen LogP contribution in [0.15, 0.2) is 49.6 Å². The zero-order valence-electron chi connectivity index (χ0n) is 12.3. The smallest absolute Gasteiger partial charge is 0.302 e. The fraction of sp³-hybridized carbons (Fsp3) is 0.471. The molecule has 0 aliphatic rings. The van der Waals surface area contributed by atoms with Crippen molar-refractivity contribution in [3.63, 3.8) is 0 Å². The van der Waals surface area contributed by atoms with Crippen LogP contribution < -0.4 is 0 Å². The van der Waals surface area contributed by atoms with E-state index in [0.29, 0.717) is 0 Å². The maximum Gasteiger partial charge on any atom is 0.302 e. The van der Waals surface area contributed by atoms with E-state index in [2.05, 4.69) is 26.2 Å². The Bertz CT molecular complexity index is 339. The van der Waals surface area contributed by atoms with Crippen molar-refractivity contribution < 1.29 is 9.53 Å². The monoisotopic (exact) mass is 262 g/mol. The van der Waals surface area contributed by atoms with Gasteiger partial charge < -0.3 is 4.74 Å². The molecule has 0 aromatic rings. The van der Waals surface area contributed by atoms with Crippen LogP contribution in [-0.4, -0.2) is 12.1 Å². The van der Waals surface area contributed by atoms with Gasteiger partial charge in [0.1, 0.15) is 6.10 Å². The van der Waals surface area contributed by atoms with Crippen molar-refractivity contribution >= 4 is 5.97 Å². The highest BCUT2D eigenvalue weighted by Gasteiger charge is 2.26. The predicted molar refractivity (Wildman–Crippen MR) is 81.8 cm³/mol. The molecule has 0 fully saturated rings. The standard InChI is InChI=1S/C17H26O2/c1-6-9-11-12-14(4)17(19-15(5)18)16(8-3)13-10-7-2/h6-11,14,16-17H,1,3,12-13H2,2,4-5H3/b10-7-,11-9-. The van der Waals surface area contributed by atoms with Crippen LogP contribution in [-0.2, 0) is 9.53 Å². The fourth-order valence-corrected chi connectivity index (χ4v) is 2.00. The van der Waals surface area contributed by atoms with Gasteiger partial charge in [0.15, 0.2) is 0 Å². The highest BCUT2D eigenvalue weighted by atomic mass is 16.5. The lowest BCUT2D eigenvalue weighted by atomic mass is 9.87. The maximum atomic E-state index is 11.3. The minimum atomic E-state index is -0.239. The molecule has 0 bridgehead atoms. The van der Waals surface area contributed by atoms with E-state index in [9.17, 15) is 4.79 Å². The molecule has 0 heterocycles. The van der Waals surface area contributed by atoms with Crippen molar-refractivity contribution in [2.24, 2.45) is 11.8 Å². The molecule has 2 nitrogen and oxygen atoms in total. The molecule has 0 aliphatic heterocycles. The van der Waals surface area contributed by atoms with E-state index in [1.807, 2.05) is 31.2 Å². The molecule has 2 heteroatoms. The number of rotatable bonds is 9. The average Bonchev–Trinajstić information content (AvgIpc) is 2.38. The molecule has 0 saturated carbocycles. The summed E-state index contributed by atoms with van der Waals surface area (Å²) in [4.78, 5) is 11.3. The second-order valence-corrected chi connectivity index (χ2v) is 4.66. The fourth-order valence-electron chi connectivity index (χ4n) is 2.00. The molecule has 0 aromatic carbocycles. The normalized spacial score (nSPS) is 16.2. The Morgan fingerprint density at radius 3 is 2.42 bits per heavy atom. The predicted octanol–water partition coefficient (Wildman–Crippen LogP) is 4.45. The van der Waals surface area contributed by atoms with Crippen LogP contribution in [0.2, 0.25) is 0 Å². The lowest BCUT2D eigenvalue weighted by Crippen LogP contribution is -2.31. The van der Waals surface area contributed by atoms with Gasteiger partial charge in [-0.1, -0.05) is 50.0 Å². The largest absolute Gasteiger partial charge is 0.462 e. The summed E-state index contributed by atoms with van der Waals surface area (Å²) in [6.45, 7) is 13.0. The molecule has 106 valence electrons. The molecule has 3 unspecified atom stereocenters. The Morgan fingerprint density at radius 2 is 1.95 bits per heavy atom. The van der Waals surface area contributed by atoms with Gasteiger partial charge in [0.2, 0.25) is 0 Å². The van der Waals surface area contributed by atoms with Crippen LogP contribution in [0.3, 0.4) is 0 Å². The summed E-state index contributed by atoms with van der Waals surface area (Å²) < 4.78 is 5.49. The van der Waals surface area contributed by atoms with Crippen LogP contribution in [0.25, 0.3) is 0 Å². The van der Waals surface area contributed by atoms with Crippen molar-refractivity contribution in [3.8, 4) is 0 Å². The number of ether oxygens (including phenoxy) is 1. The first kappa shape index (κ1) is 17.4. The van der Waals surface area contributed by atoms with Crippen LogP contribution in [0.4, 0.5) is 0 Å². The molecule has 0 aliphatic carbocycles. The van der Waals surface area contributed by atoms with E-state index in [-0.39, 0.29) is 23.9 Å². The number of carbonyl (C=O) groups excluding carboxylic acids is 1. The Hall–Kier alpha value is -1.57. The number of carbonyl (C=O) groups is 1. The van der Waals surface area contributed by atoms with Gasteiger partial charge in [0.25, 0.3) is 0 Å². The third-order valence-corrected chi connectivity index (χ3v) is 3.01. The molecule has 3 atom stereocenters. The molecule has 0 saturated heterocycles. The summed E-state index contributed by atoms with van der Waals surface area (Å²) in [6, 6.07) is 0. The highest BCUT2D eigenvalue weighted by molar-refractivity contribution is 5.66. The van der Waals surface area contributed by atoms with Gasteiger partial charge in [0, 0.05) is 12.8 Å². The second kappa shape index (κ2) is 10.4. The zero-order valence-corrected chi connectivity index (χ0v) is 12.3. The van der Waals surface area contributed by atoms with E-state index in [4.69, 9.17) is 4.74 Å². The molecule has 0 spiro atoms. The molecule has 0 N–H and O–H groups in total. The van der Waals surface area contributed by atoms with Gasteiger partial charge >= 0.3 is 5.97 Å². The van der Waals surface area contributed by atoms with E-state index in [1.165, 1.54) is 6.92 Å². The minimum Gasteiger partial charge on any atom is -0.462 e. The zero-order chi connectivity index (χ0) is 14.7. The summed E-state index contributed by atoms with van der Waals surface area (Å²) in [7, 11) is 0. The highest BCUT2D eigenvalue weighted by Crippen LogP contribution is 2.24. The van der Waals surface area contributed by atoms with Gasteiger partial charge in [0.05, 0.1) is 0 Å². The minimum absolute atomic E-state index is 0.138. The first-order valence-corrected chi connectivity index (χ1v) is 6.75. The summed E-state index contributed by atoms with van der Waals surface area (Å²) in [5.74, 6) is 0.150. The summed E-state index contributed by atoms with van der Waals surface area (Å²) >= 11 is 0. The maximum absolute atomic E-state index is 11.3. The van der Waals surface area contributed by atoms with E-state index >= 15 is 0 Å². The van der Waals surface area contributed by atoms with Crippen LogP contribution in [0.1, 0.15) is 33.6 Å². The second-order valence-electron chi connectivity index (χ2n) is 4.66. The van der Waals surface area contributed by atoms with Crippen LogP contribution >= 0.6 is 0 Å². The summed E-state index contributed by atoms with van der Waals surface area (Å²) in [5.41, 5.74) is 0. The number of allylic oxidation sites excluding steroid dienone is 5.